The van der Waals surface area contributed by atoms with Gasteiger partial charge in [-0.2, -0.15) is 5.26 Å². The van der Waals surface area contributed by atoms with Crippen molar-refractivity contribution in [3.8, 4) is 17.2 Å². The molecule has 0 amide bonds. The van der Waals surface area contributed by atoms with Crippen molar-refractivity contribution >= 4 is 0 Å². The molecule has 0 atom stereocenters. The quantitative estimate of drug-likeness (QED) is 0.801. The van der Waals surface area contributed by atoms with Crippen LogP contribution in [0.1, 0.15) is 16.7 Å². The number of rotatable bonds is 3. The van der Waals surface area contributed by atoms with Crippen molar-refractivity contribution in [2.45, 2.75) is 6.42 Å². The molecule has 0 spiro atoms. The van der Waals surface area contributed by atoms with Crippen molar-refractivity contribution in [1.82, 2.24) is 4.98 Å². The number of nitrogens with zero attached hydrogens (tertiary/aromatic N) is 1. The van der Waals surface area contributed by atoms with Crippen LogP contribution in [-0.2, 0) is 6.42 Å². The molecule has 1 N–H and O–H groups in total. The highest BCUT2D eigenvalue weighted by atomic mass is 16.1. The van der Waals surface area contributed by atoms with E-state index in [4.69, 9.17) is 0 Å². The Morgan fingerprint density at radius 3 is 2.23 bits per heavy atom. The highest BCUT2D eigenvalue weighted by Crippen LogP contribution is 2.25. The number of nitrogens with one attached hydrogen (secondary N) is 1. The molecule has 106 valence electrons. The predicted molar refractivity (Wildman–Crippen MR) is 86.5 cm³/mol. The van der Waals surface area contributed by atoms with E-state index in [1.165, 1.54) is 0 Å². The maximum atomic E-state index is 12.0. The lowest BCUT2D eigenvalue weighted by Gasteiger charge is -2.11. The minimum absolute atomic E-state index is 0.185. The van der Waals surface area contributed by atoms with Crippen LogP contribution >= 0.6 is 0 Å². The lowest BCUT2D eigenvalue weighted by molar-refractivity contribution is 1.11. The van der Waals surface area contributed by atoms with Crippen LogP contribution in [-0.4, -0.2) is 4.98 Å². The van der Waals surface area contributed by atoms with Crippen LogP contribution in [0.15, 0.2) is 71.7 Å². The molecule has 1 aromatic heterocycles. The van der Waals surface area contributed by atoms with Crippen molar-refractivity contribution in [3.05, 3.63) is 93.9 Å². The minimum Gasteiger partial charge on any atom is -0.327 e. The van der Waals surface area contributed by atoms with Crippen LogP contribution in [0.5, 0.6) is 0 Å². The van der Waals surface area contributed by atoms with Gasteiger partial charge in [0.1, 0.15) is 11.6 Å². The van der Waals surface area contributed by atoms with Crippen molar-refractivity contribution < 1.29 is 0 Å². The van der Waals surface area contributed by atoms with Gasteiger partial charge in [-0.15, -0.1) is 0 Å². The van der Waals surface area contributed by atoms with Crippen molar-refractivity contribution in [1.29, 1.82) is 5.26 Å². The third-order valence-electron chi connectivity index (χ3n) is 3.62. The van der Waals surface area contributed by atoms with Crippen LogP contribution in [0, 0.1) is 11.3 Å². The van der Waals surface area contributed by atoms with E-state index in [1.54, 1.807) is 6.20 Å². The lowest BCUT2D eigenvalue weighted by Crippen LogP contribution is -2.14. The van der Waals surface area contributed by atoms with Crippen molar-refractivity contribution in [3.63, 3.8) is 0 Å². The van der Waals surface area contributed by atoms with Crippen molar-refractivity contribution in [2.24, 2.45) is 0 Å². The average molecular weight is 286 g/mol. The summed E-state index contributed by atoms with van der Waals surface area (Å²) in [5, 5.41) is 9.38. The maximum Gasteiger partial charge on any atom is 0.266 e. The van der Waals surface area contributed by atoms with Gasteiger partial charge in [0.2, 0.25) is 0 Å². The van der Waals surface area contributed by atoms with Gasteiger partial charge in [0.05, 0.1) is 0 Å². The van der Waals surface area contributed by atoms with Gasteiger partial charge in [0, 0.05) is 11.8 Å². The number of benzene rings is 2. The third kappa shape index (κ3) is 2.68. The number of hydrogen-bond acceptors (Lipinski definition) is 2. The van der Waals surface area contributed by atoms with E-state index in [0.717, 1.165) is 22.3 Å². The van der Waals surface area contributed by atoms with Gasteiger partial charge in [0.15, 0.2) is 0 Å². The second-order valence-corrected chi connectivity index (χ2v) is 5.03. The number of pyridine rings is 1. The Hall–Kier alpha value is -3.12. The standard InChI is InChI=1S/C19H14N2O/c20-12-17-16(11-14-7-3-1-4-8-14)18(13-21-19(17)22)15-9-5-2-6-10-15/h1-10,13H,11H2,(H,21,22). The fraction of sp³-hybridized carbons (Fsp3) is 0.0526. The maximum absolute atomic E-state index is 12.0. The smallest absolute Gasteiger partial charge is 0.266 e. The third-order valence-corrected chi connectivity index (χ3v) is 3.62. The van der Waals surface area contributed by atoms with Gasteiger partial charge >= 0.3 is 0 Å². The topological polar surface area (TPSA) is 56.6 Å². The molecule has 3 rings (SSSR count). The molecule has 0 saturated carbocycles. The van der Waals surface area contributed by atoms with Crippen LogP contribution in [0.4, 0.5) is 0 Å². The number of aromatic nitrogens is 1. The molecule has 1 heterocycles. The van der Waals surface area contributed by atoms with Gasteiger partial charge < -0.3 is 4.98 Å². The molecule has 22 heavy (non-hydrogen) atoms. The van der Waals surface area contributed by atoms with Gasteiger partial charge in [-0.05, 0) is 23.1 Å². The zero-order valence-electron chi connectivity index (χ0n) is 11.9. The number of H-pyrrole nitrogens is 1. The second kappa shape index (κ2) is 6.11. The van der Waals surface area contributed by atoms with Crippen LogP contribution in [0.25, 0.3) is 11.1 Å². The summed E-state index contributed by atoms with van der Waals surface area (Å²) >= 11 is 0. The molecule has 0 unspecified atom stereocenters. The molecule has 0 aliphatic heterocycles. The molecule has 0 bridgehead atoms. The number of aromatic amines is 1. The van der Waals surface area contributed by atoms with Gasteiger partial charge in [0.25, 0.3) is 5.56 Å². The zero-order chi connectivity index (χ0) is 15.4. The van der Waals surface area contributed by atoms with Gasteiger partial charge in [-0.1, -0.05) is 60.7 Å². The largest absolute Gasteiger partial charge is 0.327 e. The zero-order valence-corrected chi connectivity index (χ0v) is 11.9. The van der Waals surface area contributed by atoms with E-state index < -0.39 is 0 Å². The summed E-state index contributed by atoms with van der Waals surface area (Å²) in [5.41, 5.74) is 3.56. The van der Waals surface area contributed by atoms with Crippen LogP contribution in [0.2, 0.25) is 0 Å². The Kier molecular flexibility index (Phi) is 3.84. The molecular formula is C19H14N2O. The lowest BCUT2D eigenvalue weighted by atomic mass is 9.93. The van der Waals surface area contributed by atoms with E-state index in [0.29, 0.717) is 6.42 Å². The Balaban J connectivity index is 2.19. The fourth-order valence-corrected chi connectivity index (χ4v) is 2.55. The van der Waals surface area contributed by atoms with Crippen molar-refractivity contribution in [2.75, 3.05) is 0 Å². The first-order valence-electron chi connectivity index (χ1n) is 7.03. The molecule has 3 aromatic rings. The summed E-state index contributed by atoms with van der Waals surface area (Å²) in [4.78, 5) is 14.6. The molecular weight excluding hydrogens is 272 g/mol. The first kappa shape index (κ1) is 13.8. The first-order chi connectivity index (χ1) is 10.8. The highest BCUT2D eigenvalue weighted by Gasteiger charge is 2.14. The Labute approximate surface area is 128 Å². The monoisotopic (exact) mass is 286 g/mol. The Bertz CT molecular complexity index is 875. The van der Waals surface area contributed by atoms with E-state index in [2.05, 4.69) is 11.1 Å². The minimum atomic E-state index is -0.340. The van der Waals surface area contributed by atoms with E-state index in [1.807, 2.05) is 60.7 Å². The Morgan fingerprint density at radius 1 is 0.955 bits per heavy atom. The summed E-state index contributed by atoms with van der Waals surface area (Å²) in [6.45, 7) is 0. The molecule has 3 heteroatoms. The molecule has 0 aliphatic carbocycles. The van der Waals surface area contributed by atoms with Gasteiger partial charge in [-0.25, -0.2) is 0 Å². The SMILES string of the molecule is N#Cc1c(Cc2ccccc2)c(-c2ccccc2)c[nH]c1=O. The van der Waals surface area contributed by atoms with Gasteiger partial charge in [-0.3, -0.25) is 4.79 Å². The summed E-state index contributed by atoms with van der Waals surface area (Å²) in [6.07, 6.45) is 2.24. The first-order valence-corrected chi connectivity index (χ1v) is 7.03. The number of nitriles is 1. The van der Waals surface area contributed by atoms with E-state index in [9.17, 15) is 10.1 Å². The van der Waals surface area contributed by atoms with Crippen LogP contribution in [0.3, 0.4) is 0 Å². The summed E-state index contributed by atoms with van der Waals surface area (Å²) in [6, 6.07) is 21.7. The second-order valence-electron chi connectivity index (χ2n) is 5.03. The molecule has 0 aliphatic rings. The van der Waals surface area contributed by atoms with E-state index in [-0.39, 0.29) is 11.1 Å². The van der Waals surface area contributed by atoms with E-state index >= 15 is 0 Å². The number of hydrogen-bond donors (Lipinski definition) is 1. The molecule has 0 fully saturated rings. The molecule has 0 radical (unpaired) electrons. The summed E-state index contributed by atoms with van der Waals surface area (Å²) in [7, 11) is 0. The molecule has 0 saturated heterocycles. The predicted octanol–water partition coefficient (Wildman–Crippen LogP) is 3.50. The highest BCUT2D eigenvalue weighted by molar-refractivity contribution is 5.69. The molecule has 2 aromatic carbocycles. The normalized spacial score (nSPS) is 10.1. The molecule has 3 nitrogen and oxygen atoms in total. The Morgan fingerprint density at radius 2 is 1.59 bits per heavy atom. The summed E-state index contributed by atoms with van der Waals surface area (Å²) in [5.74, 6) is 0. The summed E-state index contributed by atoms with van der Waals surface area (Å²) < 4.78 is 0. The fourth-order valence-electron chi connectivity index (χ4n) is 2.55. The average Bonchev–Trinajstić information content (AvgIpc) is 2.57. The van der Waals surface area contributed by atoms with Crippen LogP contribution < -0.4 is 5.56 Å².